The highest BCUT2D eigenvalue weighted by molar-refractivity contribution is 5.75. The van der Waals surface area contributed by atoms with E-state index in [9.17, 15) is 9.59 Å². The van der Waals surface area contributed by atoms with Crippen molar-refractivity contribution in [2.75, 3.05) is 6.54 Å². The standard InChI is InChI=1S/C19H26N2O3/c1-19(2)9-8-12-11-15(13-5-3-6-14(19)17(12)13)21-18(24)20-10-4-7-16(22)23/h3,5-6,12,15H,4,7-11H2,1-2H3,(H,22,23)(H2,20,21,24). The first kappa shape index (κ1) is 16.8. The number of benzene rings is 1. The normalized spacial score (nSPS) is 23.4. The van der Waals surface area contributed by atoms with E-state index in [-0.39, 0.29) is 23.9 Å². The molecule has 2 aliphatic carbocycles. The van der Waals surface area contributed by atoms with Gasteiger partial charge >= 0.3 is 12.0 Å². The number of nitrogens with one attached hydrogen (secondary N) is 2. The van der Waals surface area contributed by atoms with Gasteiger partial charge in [0.1, 0.15) is 0 Å². The lowest BCUT2D eigenvalue weighted by Gasteiger charge is -2.35. The molecule has 3 rings (SSSR count). The van der Waals surface area contributed by atoms with Gasteiger partial charge in [0.25, 0.3) is 0 Å². The van der Waals surface area contributed by atoms with Crippen molar-refractivity contribution >= 4 is 12.0 Å². The van der Waals surface area contributed by atoms with Crippen LogP contribution in [0.2, 0.25) is 0 Å². The number of carbonyl (C=O) groups is 2. The molecule has 0 bridgehead atoms. The minimum atomic E-state index is -0.835. The molecule has 5 heteroatoms. The third kappa shape index (κ3) is 3.25. The van der Waals surface area contributed by atoms with Crippen LogP contribution in [-0.2, 0) is 10.2 Å². The molecule has 0 aromatic heterocycles. The smallest absolute Gasteiger partial charge is 0.315 e. The molecule has 0 saturated carbocycles. The van der Waals surface area contributed by atoms with Gasteiger partial charge < -0.3 is 15.7 Å². The Labute approximate surface area is 142 Å². The van der Waals surface area contributed by atoms with Crippen molar-refractivity contribution in [1.82, 2.24) is 10.6 Å². The molecule has 1 aromatic rings. The van der Waals surface area contributed by atoms with Gasteiger partial charge in [-0.1, -0.05) is 32.0 Å². The molecule has 5 nitrogen and oxygen atoms in total. The van der Waals surface area contributed by atoms with Gasteiger partial charge in [-0.05, 0) is 53.7 Å². The van der Waals surface area contributed by atoms with Crippen LogP contribution in [0.4, 0.5) is 4.79 Å². The highest BCUT2D eigenvalue weighted by atomic mass is 16.4. The van der Waals surface area contributed by atoms with E-state index in [1.54, 1.807) is 0 Å². The Bertz CT molecular complexity index is 654. The maximum absolute atomic E-state index is 12.1. The molecule has 0 saturated heterocycles. The minimum absolute atomic E-state index is 0.0540. The molecule has 2 atom stereocenters. The first-order chi connectivity index (χ1) is 11.4. The van der Waals surface area contributed by atoms with Gasteiger partial charge in [-0.2, -0.15) is 0 Å². The van der Waals surface area contributed by atoms with Gasteiger partial charge in [-0.3, -0.25) is 4.79 Å². The van der Waals surface area contributed by atoms with Gasteiger partial charge in [-0.25, -0.2) is 4.79 Å². The molecule has 0 radical (unpaired) electrons. The van der Waals surface area contributed by atoms with Gasteiger partial charge in [0.2, 0.25) is 0 Å². The monoisotopic (exact) mass is 330 g/mol. The molecule has 2 amide bonds. The van der Waals surface area contributed by atoms with E-state index in [1.165, 1.54) is 29.5 Å². The summed E-state index contributed by atoms with van der Waals surface area (Å²) in [4.78, 5) is 22.6. The molecular weight excluding hydrogens is 304 g/mol. The summed E-state index contributed by atoms with van der Waals surface area (Å²) in [5.74, 6) is -0.292. The largest absolute Gasteiger partial charge is 0.481 e. The molecular formula is C19H26N2O3. The van der Waals surface area contributed by atoms with Gasteiger partial charge in [-0.15, -0.1) is 0 Å². The number of rotatable bonds is 5. The van der Waals surface area contributed by atoms with Crippen molar-refractivity contribution in [2.24, 2.45) is 0 Å². The second kappa shape index (κ2) is 6.46. The molecule has 0 fully saturated rings. The maximum atomic E-state index is 12.1. The maximum Gasteiger partial charge on any atom is 0.315 e. The fourth-order valence-electron chi connectivity index (χ4n) is 4.18. The summed E-state index contributed by atoms with van der Waals surface area (Å²) in [6.07, 6.45) is 3.85. The number of aliphatic carboxylic acids is 1. The van der Waals surface area contributed by atoms with Crippen LogP contribution in [0.1, 0.15) is 74.6 Å². The van der Waals surface area contributed by atoms with Crippen molar-refractivity contribution < 1.29 is 14.7 Å². The lowest BCUT2D eigenvalue weighted by atomic mass is 9.69. The summed E-state index contributed by atoms with van der Waals surface area (Å²) in [5.41, 5.74) is 4.34. The van der Waals surface area contributed by atoms with Crippen LogP contribution in [0, 0.1) is 0 Å². The Morgan fingerprint density at radius 1 is 1.33 bits per heavy atom. The summed E-state index contributed by atoms with van der Waals surface area (Å²) < 4.78 is 0. The Kier molecular flexibility index (Phi) is 4.52. The average Bonchev–Trinajstić information content (AvgIpc) is 2.87. The number of urea groups is 1. The first-order valence-corrected chi connectivity index (χ1v) is 8.78. The van der Waals surface area contributed by atoms with E-state index >= 15 is 0 Å². The molecule has 0 heterocycles. The second-order valence-electron chi connectivity index (χ2n) is 7.61. The third-order valence-corrected chi connectivity index (χ3v) is 5.45. The second-order valence-corrected chi connectivity index (χ2v) is 7.61. The molecule has 0 aliphatic heterocycles. The van der Waals surface area contributed by atoms with E-state index in [0.29, 0.717) is 18.9 Å². The van der Waals surface area contributed by atoms with E-state index < -0.39 is 5.97 Å². The number of hydrogen-bond acceptors (Lipinski definition) is 2. The quantitative estimate of drug-likeness (QED) is 0.724. The van der Waals surface area contributed by atoms with E-state index in [0.717, 1.165) is 6.42 Å². The number of hydrogen-bond donors (Lipinski definition) is 3. The van der Waals surface area contributed by atoms with Crippen LogP contribution < -0.4 is 10.6 Å². The van der Waals surface area contributed by atoms with Crippen molar-refractivity contribution in [3.8, 4) is 0 Å². The number of amides is 2. The predicted octanol–water partition coefficient (Wildman–Crippen LogP) is 3.45. The van der Waals surface area contributed by atoms with Crippen LogP contribution >= 0.6 is 0 Å². The average molecular weight is 330 g/mol. The molecule has 2 aliphatic rings. The molecule has 0 spiro atoms. The van der Waals surface area contributed by atoms with Crippen LogP contribution in [-0.4, -0.2) is 23.7 Å². The van der Waals surface area contributed by atoms with Crippen molar-refractivity contribution in [3.63, 3.8) is 0 Å². The fourth-order valence-corrected chi connectivity index (χ4v) is 4.18. The van der Waals surface area contributed by atoms with Crippen molar-refractivity contribution in [1.29, 1.82) is 0 Å². The highest BCUT2D eigenvalue weighted by Crippen LogP contribution is 2.52. The molecule has 2 unspecified atom stereocenters. The van der Waals surface area contributed by atoms with Crippen molar-refractivity contribution in [2.45, 2.75) is 63.3 Å². The Morgan fingerprint density at radius 3 is 2.88 bits per heavy atom. The Balaban J connectivity index is 1.65. The summed E-state index contributed by atoms with van der Waals surface area (Å²) in [6, 6.07) is 6.32. The molecule has 3 N–H and O–H groups in total. The fraction of sp³-hybridized carbons (Fsp3) is 0.579. The molecule has 24 heavy (non-hydrogen) atoms. The van der Waals surface area contributed by atoms with Gasteiger partial charge in [0.05, 0.1) is 6.04 Å². The SMILES string of the molecule is CC1(C)CCC2CC(NC(=O)NCCCC(=O)O)c3cccc1c32. The molecule has 1 aromatic carbocycles. The summed E-state index contributed by atoms with van der Waals surface area (Å²) >= 11 is 0. The summed E-state index contributed by atoms with van der Waals surface area (Å²) in [7, 11) is 0. The van der Waals surface area contributed by atoms with Crippen LogP contribution in [0.25, 0.3) is 0 Å². The van der Waals surface area contributed by atoms with Crippen LogP contribution in [0.15, 0.2) is 18.2 Å². The van der Waals surface area contributed by atoms with E-state index in [2.05, 4.69) is 42.7 Å². The minimum Gasteiger partial charge on any atom is -0.481 e. The van der Waals surface area contributed by atoms with E-state index in [1.807, 2.05) is 0 Å². The first-order valence-electron chi connectivity index (χ1n) is 8.78. The zero-order valence-corrected chi connectivity index (χ0v) is 14.4. The predicted molar refractivity (Wildman–Crippen MR) is 92.2 cm³/mol. The lowest BCUT2D eigenvalue weighted by Crippen LogP contribution is -2.38. The zero-order chi connectivity index (χ0) is 17.3. The van der Waals surface area contributed by atoms with Crippen molar-refractivity contribution in [3.05, 3.63) is 34.9 Å². The molecule has 130 valence electrons. The third-order valence-electron chi connectivity index (χ3n) is 5.45. The van der Waals surface area contributed by atoms with Crippen LogP contribution in [0.3, 0.4) is 0 Å². The number of carboxylic acid groups (broad SMARTS) is 1. The number of carbonyl (C=O) groups excluding carboxylic acids is 1. The zero-order valence-electron chi connectivity index (χ0n) is 14.4. The van der Waals surface area contributed by atoms with Gasteiger partial charge in [0.15, 0.2) is 0 Å². The van der Waals surface area contributed by atoms with E-state index in [4.69, 9.17) is 5.11 Å². The summed E-state index contributed by atoms with van der Waals surface area (Å²) in [5, 5.41) is 14.5. The highest BCUT2D eigenvalue weighted by Gasteiger charge is 2.40. The lowest BCUT2D eigenvalue weighted by molar-refractivity contribution is -0.137. The number of carboxylic acids is 1. The Morgan fingerprint density at radius 2 is 2.12 bits per heavy atom. The van der Waals surface area contributed by atoms with Gasteiger partial charge in [0, 0.05) is 13.0 Å². The topological polar surface area (TPSA) is 78.4 Å². The van der Waals surface area contributed by atoms with Crippen LogP contribution in [0.5, 0.6) is 0 Å². The summed E-state index contributed by atoms with van der Waals surface area (Å²) in [6.45, 7) is 4.98. The Hall–Kier alpha value is -2.04.